The molecule has 0 unspecified atom stereocenters. The quantitative estimate of drug-likeness (QED) is 0.398. The minimum atomic E-state index is -0.346. The number of piperidine rings is 1. The van der Waals surface area contributed by atoms with Gasteiger partial charge < -0.3 is 16.0 Å². The van der Waals surface area contributed by atoms with Gasteiger partial charge in [-0.2, -0.15) is 0 Å². The third-order valence-corrected chi connectivity index (χ3v) is 6.20. The SMILES string of the molecule is CCc1cccc(C(=O)Nc2cccc(N)c2)c1N1CCC(C(=O)c2ccc(F)cc2)CC1. The van der Waals surface area contributed by atoms with Gasteiger partial charge >= 0.3 is 0 Å². The molecule has 0 aliphatic carbocycles. The number of halogens is 1. The van der Waals surface area contributed by atoms with Gasteiger partial charge in [-0.1, -0.05) is 25.1 Å². The molecule has 0 bridgehead atoms. The number of hydrogen-bond donors (Lipinski definition) is 2. The summed E-state index contributed by atoms with van der Waals surface area (Å²) in [5.41, 5.74) is 10.3. The van der Waals surface area contributed by atoms with Gasteiger partial charge in [-0.15, -0.1) is 0 Å². The molecule has 0 spiro atoms. The lowest BCUT2D eigenvalue weighted by Crippen LogP contribution is -2.38. The lowest BCUT2D eigenvalue weighted by Gasteiger charge is -2.35. The number of nitrogens with two attached hydrogens (primary N) is 1. The molecule has 0 radical (unpaired) electrons. The number of nitrogen functional groups attached to an aromatic ring is 1. The highest BCUT2D eigenvalue weighted by molar-refractivity contribution is 6.09. The first-order valence-electron chi connectivity index (χ1n) is 11.3. The fourth-order valence-corrected chi connectivity index (χ4v) is 4.46. The van der Waals surface area contributed by atoms with Crippen LogP contribution in [0.15, 0.2) is 66.7 Å². The molecule has 170 valence electrons. The Morgan fingerprint density at radius 3 is 2.39 bits per heavy atom. The van der Waals surface area contributed by atoms with Gasteiger partial charge in [0.25, 0.3) is 5.91 Å². The van der Waals surface area contributed by atoms with Crippen LogP contribution in [0.25, 0.3) is 0 Å². The van der Waals surface area contributed by atoms with Gasteiger partial charge in [-0.3, -0.25) is 9.59 Å². The fraction of sp³-hybridized carbons (Fsp3) is 0.259. The third-order valence-electron chi connectivity index (χ3n) is 6.20. The highest BCUT2D eigenvalue weighted by Crippen LogP contribution is 2.32. The van der Waals surface area contributed by atoms with Crippen LogP contribution >= 0.6 is 0 Å². The second kappa shape index (κ2) is 9.86. The Morgan fingerprint density at radius 2 is 1.73 bits per heavy atom. The molecule has 1 amide bonds. The fourth-order valence-electron chi connectivity index (χ4n) is 4.46. The summed E-state index contributed by atoms with van der Waals surface area (Å²) >= 11 is 0. The number of carbonyl (C=O) groups is 2. The molecule has 3 aromatic carbocycles. The number of amides is 1. The molecule has 6 heteroatoms. The van der Waals surface area contributed by atoms with E-state index in [1.165, 1.54) is 12.1 Å². The zero-order valence-electron chi connectivity index (χ0n) is 18.7. The molecule has 1 aliphatic heterocycles. The molecule has 0 aromatic heterocycles. The smallest absolute Gasteiger partial charge is 0.257 e. The number of ketones is 1. The van der Waals surface area contributed by atoms with Crippen molar-refractivity contribution in [1.82, 2.24) is 0 Å². The molecule has 0 saturated carbocycles. The number of Topliss-reactive ketones (excluding diaryl/α,β-unsaturated/α-hetero) is 1. The van der Waals surface area contributed by atoms with E-state index in [4.69, 9.17) is 5.73 Å². The summed E-state index contributed by atoms with van der Waals surface area (Å²) in [6.07, 6.45) is 2.16. The number of rotatable bonds is 6. The number of nitrogens with one attached hydrogen (secondary N) is 1. The topological polar surface area (TPSA) is 75.4 Å². The van der Waals surface area contributed by atoms with Gasteiger partial charge in [-0.05, 0) is 73.4 Å². The summed E-state index contributed by atoms with van der Waals surface area (Å²) in [6, 6.07) is 18.7. The Balaban J connectivity index is 1.52. The van der Waals surface area contributed by atoms with Crippen molar-refractivity contribution >= 4 is 28.8 Å². The predicted molar refractivity (Wildman–Crippen MR) is 130 cm³/mol. The average Bonchev–Trinajstić information content (AvgIpc) is 2.83. The van der Waals surface area contributed by atoms with Crippen LogP contribution < -0.4 is 16.0 Å². The first-order chi connectivity index (χ1) is 16.0. The van der Waals surface area contributed by atoms with E-state index >= 15 is 0 Å². The third kappa shape index (κ3) is 5.06. The maximum Gasteiger partial charge on any atom is 0.257 e. The average molecular weight is 446 g/mol. The van der Waals surface area contributed by atoms with Crippen LogP contribution in [0.5, 0.6) is 0 Å². The van der Waals surface area contributed by atoms with Gasteiger partial charge in [0.2, 0.25) is 0 Å². The van der Waals surface area contributed by atoms with Crippen molar-refractivity contribution in [2.24, 2.45) is 5.92 Å². The van der Waals surface area contributed by atoms with Gasteiger partial charge in [0, 0.05) is 35.9 Å². The molecule has 33 heavy (non-hydrogen) atoms. The number of aryl methyl sites for hydroxylation is 1. The van der Waals surface area contributed by atoms with Gasteiger partial charge in [-0.25, -0.2) is 4.39 Å². The molecular weight excluding hydrogens is 417 g/mol. The molecule has 1 heterocycles. The van der Waals surface area contributed by atoms with Crippen LogP contribution in [0.2, 0.25) is 0 Å². The predicted octanol–water partition coefficient (Wildman–Crippen LogP) is 5.32. The van der Waals surface area contributed by atoms with Crippen molar-refractivity contribution in [2.75, 3.05) is 29.0 Å². The molecule has 1 saturated heterocycles. The lowest BCUT2D eigenvalue weighted by molar-refractivity contribution is 0.0899. The number of carbonyl (C=O) groups excluding carboxylic acids is 2. The number of nitrogens with zero attached hydrogens (tertiary/aromatic N) is 1. The van der Waals surface area contributed by atoms with Gasteiger partial charge in [0.05, 0.1) is 11.3 Å². The first kappa shape index (κ1) is 22.5. The Kier molecular flexibility index (Phi) is 6.73. The van der Waals surface area contributed by atoms with Crippen molar-refractivity contribution in [3.8, 4) is 0 Å². The summed E-state index contributed by atoms with van der Waals surface area (Å²) in [7, 11) is 0. The first-order valence-corrected chi connectivity index (χ1v) is 11.3. The Labute approximate surface area is 193 Å². The normalized spacial score (nSPS) is 14.2. The minimum Gasteiger partial charge on any atom is -0.399 e. The van der Waals surface area contributed by atoms with Crippen molar-refractivity contribution in [3.63, 3.8) is 0 Å². The minimum absolute atomic E-state index is 0.0538. The largest absolute Gasteiger partial charge is 0.399 e. The van der Waals surface area contributed by atoms with E-state index in [0.717, 1.165) is 17.7 Å². The number of anilines is 3. The van der Waals surface area contributed by atoms with E-state index in [2.05, 4.69) is 17.1 Å². The Morgan fingerprint density at radius 1 is 1.03 bits per heavy atom. The van der Waals surface area contributed by atoms with E-state index in [1.54, 1.807) is 30.3 Å². The molecule has 4 rings (SSSR count). The summed E-state index contributed by atoms with van der Waals surface area (Å²) in [4.78, 5) is 28.3. The van der Waals surface area contributed by atoms with E-state index in [-0.39, 0.29) is 23.4 Å². The van der Waals surface area contributed by atoms with Gasteiger partial charge in [0.15, 0.2) is 5.78 Å². The standard InChI is InChI=1S/C27H28FN3O2/c1-2-18-5-3-8-24(27(33)30-23-7-4-6-22(29)17-23)25(18)31-15-13-20(14-16-31)26(32)19-9-11-21(28)12-10-19/h3-12,17,20H,2,13-16,29H2,1H3,(H,30,33). The summed E-state index contributed by atoms with van der Waals surface area (Å²) in [6.45, 7) is 3.42. The lowest BCUT2D eigenvalue weighted by atomic mass is 9.88. The maximum atomic E-state index is 13.2. The summed E-state index contributed by atoms with van der Waals surface area (Å²) < 4.78 is 13.2. The zero-order chi connectivity index (χ0) is 23.4. The van der Waals surface area contributed by atoms with E-state index in [0.29, 0.717) is 48.4 Å². The molecule has 3 aromatic rings. The molecule has 3 N–H and O–H groups in total. The second-order valence-electron chi connectivity index (χ2n) is 8.38. The zero-order valence-corrected chi connectivity index (χ0v) is 18.7. The number of para-hydroxylation sites is 1. The molecule has 1 aliphatic rings. The summed E-state index contributed by atoms with van der Waals surface area (Å²) in [5.74, 6) is -0.583. The molecule has 5 nitrogen and oxygen atoms in total. The van der Waals surface area contributed by atoms with Crippen LogP contribution in [0.3, 0.4) is 0 Å². The van der Waals surface area contributed by atoms with Crippen LogP contribution in [0.4, 0.5) is 21.5 Å². The van der Waals surface area contributed by atoms with Crippen LogP contribution in [-0.2, 0) is 6.42 Å². The van der Waals surface area contributed by atoms with Crippen LogP contribution in [0, 0.1) is 11.7 Å². The van der Waals surface area contributed by atoms with E-state index in [1.807, 2.05) is 24.3 Å². The Hall–Kier alpha value is -3.67. The van der Waals surface area contributed by atoms with Gasteiger partial charge in [0.1, 0.15) is 5.82 Å². The van der Waals surface area contributed by atoms with Crippen LogP contribution in [0.1, 0.15) is 46.0 Å². The second-order valence-corrected chi connectivity index (χ2v) is 8.38. The number of benzene rings is 3. The van der Waals surface area contributed by atoms with Crippen LogP contribution in [-0.4, -0.2) is 24.8 Å². The number of hydrogen-bond acceptors (Lipinski definition) is 4. The molecule has 0 atom stereocenters. The van der Waals surface area contributed by atoms with Crippen molar-refractivity contribution < 1.29 is 14.0 Å². The maximum absolute atomic E-state index is 13.2. The van der Waals surface area contributed by atoms with Crippen molar-refractivity contribution in [2.45, 2.75) is 26.2 Å². The monoisotopic (exact) mass is 445 g/mol. The van der Waals surface area contributed by atoms with E-state index in [9.17, 15) is 14.0 Å². The molecular formula is C27H28FN3O2. The molecule has 1 fully saturated rings. The highest BCUT2D eigenvalue weighted by Gasteiger charge is 2.28. The van der Waals surface area contributed by atoms with E-state index < -0.39 is 0 Å². The van der Waals surface area contributed by atoms with Crippen molar-refractivity contribution in [1.29, 1.82) is 0 Å². The Bertz CT molecular complexity index is 1150. The summed E-state index contributed by atoms with van der Waals surface area (Å²) in [5, 5.41) is 2.95. The highest BCUT2D eigenvalue weighted by atomic mass is 19.1. The van der Waals surface area contributed by atoms with Crippen molar-refractivity contribution in [3.05, 3.63) is 89.2 Å².